The van der Waals surface area contributed by atoms with Gasteiger partial charge in [-0.1, -0.05) is 12.5 Å². The van der Waals surface area contributed by atoms with Crippen LogP contribution >= 0.6 is 0 Å². The Morgan fingerprint density at radius 2 is 2.10 bits per heavy atom. The highest BCUT2D eigenvalue weighted by atomic mass is 16.5. The molecule has 1 aliphatic heterocycles. The summed E-state index contributed by atoms with van der Waals surface area (Å²) in [5, 5.41) is 0.900. The summed E-state index contributed by atoms with van der Waals surface area (Å²) in [6.45, 7) is 2.57. The lowest BCUT2D eigenvalue weighted by Crippen LogP contribution is -2.34. The number of aromatic nitrogens is 1. The number of ketones is 1. The van der Waals surface area contributed by atoms with E-state index in [0.29, 0.717) is 6.54 Å². The molecular formula is C16H20N2O2. The van der Waals surface area contributed by atoms with Crippen molar-refractivity contribution in [1.29, 1.82) is 0 Å². The molecule has 0 unspecified atom stereocenters. The molecule has 0 aliphatic carbocycles. The Labute approximate surface area is 118 Å². The number of rotatable bonds is 4. The number of carbonyl (C=O) groups excluding carboxylic acids is 1. The quantitative estimate of drug-likeness (QED) is 0.870. The van der Waals surface area contributed by atoms with Crippen molar-refractivity contribution in [2.75, 3.05) is 26.7 Å². The number of H-pyrrole nitrogens is 1. The normalized spacial score (nSPS) is 16.4. The molecule has 0 radical (unpaired) electrons. The fraction of sp³-hybridized carbons (Fsp3) is 0.438. The van der Waals surface area contributed by atoms with Crippen LogP contribution in [0, 0.1) is 0 Å². The minimum atomic E-state index is 0.169. The van der Waals surface area contributed by atoms with Crippen LogP contribution in [0.5, 0.6) is 5.75 Å². The number of piperidine rings is 1. The van der Waals surface area contributed by atoms with Gasteiger partial charge in [-0.3, -0.25) is 9.69 Å². The van der Waals surface area contributed by atoms with E-state index in [9.17, 15) is 4.79 Å². The first-order valence-corrected chi connectivity index (χ1v) is 7.19. The molecule has 1 aromatic heterocycles. The summed E-state index contributed by atoms with van der Waals surface area (Å²) in [6.07, 6.45) is 5.49. The van der Waals surface area contributed by atoms with E-state index in [0.717, 1.165) is 35.3 Å². The number of aromatic amines is 1. The summed E-state index contributed by atoms with van der Waals surface area (Å²) < 4.78 is 5.38. The number of ether oxygens (including phenoxy) is 1. The number of likely N-dealkylation sites (tertiary alicyclic amines) is 1. The van der Waals surface area contributed by atoms with E-state index < -0.39 is 0 Å². The lowest BCUT2D eigenvalue weighted by atomic mass is 10.1. The number of benzene rings is 1. The third-order valence-electron chi connectivity index (χ3n) is 4.00. The molecule has 0 saturated carbocycles. The van der Waals surface area contributed by atoms with E-state index in [1.54, 1.807) is 13.3 Å². The van der Waals surface area contributed by atoms with Gasteiger partial charge >= 0.3 is 0 Å². The maximum absolute atomic E-state index is 12.5. The van der Waals surface area contributed by atoms with Crippen LogP contribution < -0.4 is 4.74 Å². The second-order valence-electron chi connectivity index (χ2n) is 5.35. The zero-order chi connectivity index (χ0) is 13.9. The minimum Gasteiger partial charge on any atom is -0.496 e. The number of methoxy groups -OCH3 is 1. The summed E-state index contributed by atoms with van der Waals surface area (Å²) in [7, 11) is 1.64. The van der Waals surface area contributed by atoms with Crippen molar-refractivity contribution in [3.05, 3.63) is 30.0 Å². The van der Waals surface area contributed by atoms with Crippen LogP contribution in [0.4, 0.5) is 0 Å². The number of Topliss-reactive ketones (excluding diaryl/α,β-unsaturated/α-hetero) is 1. The van der Waals surface area contributed by atoms with Gasteiger partial charge in [0.15, 0.2) is 5.78 Å². The monoisotopic (exact) mass is 272 g/mol. The second-order valence-corrected chi connectivity index (χ2v) is 5.35. The molecule has 0 spiro atoms. The number of hydrogen-bond acceptors (Lipinski definition) is 3. The Bertz CT molecular complexity index is 612. The summed E-state index contributed by atoms with van der Waals surface area (Å²) in [4.78, 5) is 18.0. The number of carbonyl (C=O) groups is 1. The van der Waals surface area contributed by atoms with Crippen molar-refractivity contribution < 1.29 is 9.53 Å². The van der Waals surface area contributed by atoms with Gasteiger partial charge < -0.3 is 9.72 Å². The van der Waals surface area contributed by atoms with Crippen molar-refractivity contribution in [1.82, 2.24) is 9.88 Å². The third kappa shape index (κ3) is 2.43. The fourth-order valence-corrected chi connectivity index (χ4v) is 2.95. The van der Waals surface area contributed by atoms with Crippen molar-refractivity contribution in [3.63, 3.8) is 0 Å². The van der Waals surface area contributed by atoms with Gasteiger partial charge in [-0.2, -0.15) is 0 Å². The van der Waals surface area contributed by atoms with E-state index in [1.807, 2.05) is 18.2 Å². The molecule has 1 aromatic carbocycles. The average Bonchev–Trinajstić information content (AvgIpc) is 2.92. The van der Waals surface area contributed by atoms with E-state index >= 15 is 0 Å². The first kappa shape index (κ1) is 13.2. The molecule has 2 heterocycles. The largest absolute Gasteiger partial charge is 0.496 e. The van der Waals surface area contributed by atoms with Crippen molar-refractivity contribution in [2.24, 2.45) is 0 Å². The second kappa shape index (κ2) is 5.67. The van der Waals surface area contributed by atoms with Crippen LogP contribution in [0.15, 0.2) is 24.4 Å². The Hall–Kier alpha value is -1.81. The standard InChI is InChI=1S/C16H20N2O2/c1-20-15-7-5-6-13-16(15)12(10-17-13)14(19)11-18-8-3-2-4-9-18/h5-7,10,17H,2-4,8-9,11H2,1H3. The highest BCUT2D eigenvalue weighted by molar-refractivity contribution is 6.10. The number of fused-ring (bicyclic) bond motifs is 1. The van der Waals surface area contributed by atoms with Gasteiger partial charge in [0.2, 0.25) is 0 Å². The van der Waals surface area contributed by atoms with E-state index in [1.165, 1.54) is 19.3 Å². The smallest absolute Gasteiger partial charge is 0.179 e. The van der Waals surface area contributed by atoms with Crippen molar-refractivity contribution >= 4 is 16.7 Å². The Morgan fingerprint density at radius 3 is 2.85 bits per heavy atom. The number of nitrogens with one attached hydrogen (secondary N) is 1. The lowest BCUT2D eigenvalue weighted by molar-refractivity contribution is 0.0917. The van der Waals surface area contributed by atoms with Gasteiger partial charge in [0.05, 0.1) is 19.0 Å². The minimum absolute atomic E-state index is 0.169. The zero-order valence-corrected chi connectivity index (χ0v) is 11.8. The topological polar surface area (TPSA) is 45.3 Å². The molecule has 0 atom stereocenters. The third-order valence-corrected chi connectivity index (χ3v) is 4.00. The molecule has 4 nitrogen and oxygen atoms in total. The predicted molar refractivity (Wildman–Crippen MR) is 79.5 cm³/mol. The van der Waals surface area contributed by atoms with E-state index in [-0.39, 0.29) is 5.78 Å². The Kier molecular flexibility index (Phi) is 3.74. The molecule has 1 fully saturated rings. The van der Waals surface area contributed by atoms with Crippen LogP contribution in [-0.4, -0.2) is 42.4 Å². The Balaban J connectivity index is 1.87. The fourth-order valence-electron chi connectivity index (χ4n) is 2.95. The number of hydrogen-bond donors (Lipinski definition) is 1. The summed E-state index contributed by atoms with van der Waals surface area (Å²) in [5.74, 6) is 0.924. The molecule has 1 saturated heterocycles. The lowest BCUT2D eigenvalue weighted by Gasteiger charge is -2.25. The van der Waals surface area contributed by atoms with E-state index in [4.69, 9.17) is 4.74 Å². The molecule has 3 rings (SSSR count). The van der Waals surface area contributed by atoms with Gasteiger partial charge in [-0.15, -0.1) is 0 Å². The summed E-state index contributed by atoms with van der Waals surface area (Å²) >= 11 is 0. The SMILES string of the molecule is COc1cccc2[nH]cc(C(=O)CN3CCCCC3)c12. The van der Waals surface area contributed by atoms with Crippen LogP contribution in [0.1, 0.15) is 29.6 Å². The van der Waals surface area contributed by atoms with Gasteiger partial charge in [-0.25, -0.2) is 0 Å². The van der Waals surface area contributed by atoms with Gasteiger partial charge in [0.25, 0.3) is 0 Å². The summed E-state index contributed by atoms with van der Waals surface area (Å²) in [5.41, 5.74) is 1.69. The molecule has 2 aromatic rings. The molecule has 0 amide bonds. The van der Waals surface area contributed by atoms with Crippen LogP contribution in [-0.2, 0) is 0 Å². The molecule has 1 N–H and O–H groups in total. The molecule has 0 bridgehead atoms. The zero-order valence-electron chi connectivity index (χ0n) is 11.8. The van der Waals surface area contributed by atoms with Gasteiger partial charge in [0, 0.05) is 17.3 Å². The van der Waals surface area contributed by atoms with Crippen LogP contribution in [0.3, 0.4) is 0 Å². The Morgan fingerprint density at radius 1 is 1.30 bits per heavy atom. The first-order chi connectivity index (χ1) is 9.79. The molecular weight excluding hydrogens is 252 g/mol. The maximum atomic E-state index is 12.5. The average molecular weight is 272 g/mol. The van der Waals surface area contributed by atoms with Gasteiger partial charge in [0.1, 0.15) is 5.75 Å². The first-order valence-electron chi connectivity index (χ1n) is 7.19. The molecule has 106 valence electrons. The van der Waals surface area contributed by atoms with Crippen molar-refractivity contribution in [3.8, 4) is 5.75 Å². The summed E-state index contributed by atoms with van der Waals surface area (Å²) in [6, 6.07) is 5.79. The van der Waals surface area contributed by atoms with Crippen LogP contribution in [0.25, 0.3) is 10.9 Å². The van der Waals surface area contributed by atoms with E-state index in [2.05, 4.69) is 9.88 Å². The molecule has 4 heteroatoms. The predicted octanol–water partition coefficient (Wildman–Crippen LogP) is 2.85. The molecule has 1 aliphatic rings. The number of nitrogens with zero attached hydrogens (tertiary/aromatic N) is 1. The maximum Gasteiger partial charge on any atom is 0.179 e. The van der Waals surface area contributed by atoms with Gasteiger partial charge in [-0.05, 0) is 38.1 Å². The highest BCUT2D eigenvalue weighted by Gasteiger charge is 2.19. The van der Waals surface area contributed by atoms with Crippen molar-refractivity contribution in [2.45, 2.75) is 19.3 Å². The van der Waals surface area contributed by atoms with Crippen LogP contribution in [0.2, 0.25) is 0 Å². The highest BCUT2D eigenvalue weighted by Crippen LogP contribution is 2.29. The molecule has 20 heavy (non-hydrogen) atoms.